The minimum atomic E-state index is -3.78. The lowest BCUT2D eigenvalue weighted by Gasteiger charge is -2.21. The first kappa shape index (κ1) is 19.8. The molecule has 0 bridgehead atoms. The van der Waals surface area contributed by atoms with E-state index in [1.807, 2.05) is 6.07 Å². The van der Waals surface area contributed by atoms with Gasteiger partial charge in [-0.15, -0.1) is 10.2 Å². The van der Waals surface area contributed by atoms with Crippen molar-refractivity contribution in [3.8, 4) is 0 Å². The fraction of sp³-hybridized carbons (Fsp3) is 0.316. The van der Waals surface area contributed by atoms with Crippen LogP contribution in [-0.4, -0.2) is 46.3 Å². The second-order valence-electron chi connectivity index (χ2n) is 6.87. The van der Waals surface area contributed by atoms with Gasteiger partial charge in [0.25, 0.3) is 5.91 Å². The Labute approximate surface area is 173 Å². The number of hydrogen-bond acceptors (Lipinski definition) is 5. The molecule has 4 rings (SSSR count). The van der Waals surface area contributed by atoms with E-state index in [9.17, 15) is 13.2 Å². The summed E-state index contributed by atoms with van der Waals surface area (Å²) < 4.78 is 29.3. The van der Waals surface area contributed by atoms with Gasteiger partial charge in [-0.25, -0.2) is 8.42 Å². The molecule has 1 fully saturated rings. The molecule has 0 spiro atoms. The van der Waals surface area contributed by atoms with Crippen LogP contribution in [0.4, 0.5) is 5.95 Å². The van der Waals surface area contributed by atoms with E-state index in [0.29, 0.717) is 18.7 Å². The number of rotatable bonds is 4. The number of carbonyl (C=O) groups excluding carboxylic acids is 1. The van der Waals surface area contributed by atoms with Crippen molar-refractivity contribution in [2.75, 3.05) is 18.4 Å². The summed E-state index contributed by atoms with van der Waals surface area (Å²) in [4.78, 5) is 12.7. The number of aromatic nitrogens is 3. The van der Waals surface area contributed by atoms with Gasteiger partial charge in [-0.05, 0) is 43.2 Å². The Morgan fingerprint density at radius 3 is 2.55 bits per heavy atom. The highest BCUT2D eigenvalue weighted by Crippen LogP contribution is 2.28. The zero-order chi connectivity index (χ0) is 20.4. The first-order valence-electron chi connectivity index (χ1n) is 9.37. The van der Waals surface area contributed by atoms with Crippen LogP contribution < -0.4 is 5.32 Å². The molecule has 2 aromatic heterocycles. The van der Waals surface area contributed by atoms with E-state index in [2.05, 4.69) is 15.5 Å². The molecule has 0 unspecified atom stereocenters. The van der Waals surface area contributed by atoms with Gasteiger partial charge in [0, 0.05) is 24.8 Å². The van der Waals surface area contributed by atoms with Crippen molar-refractivity contribution in [1.82, 2.24) is 18.9 Å². The van der Waals surface area contributed by atoms with Gasteiger partial charge in [0.05, 0.1) is 5.02 Å². The highest BCUT2D eigenvalue weighted by Gasteiger charge is 2.28. The summed E-state index contributed by atoms with van der Waals surface area (Å²) in [7, 11) is -3.78. The molecule has 1 aromatic carbocycles. The summed E-state index contributed by atoms with van der Waals surface area (Å²) in [5.74, 6) is -0.246. The number of carbonyl (C=O) groups is 1. The summed E-state index contributed by atoms with van der Waals surface area (Å²) >= 11 is 6.20. The third kappa shape index (κ3) is 3.98. The van der Waals surface area contributed by atoms with Crippen molar-refractivity contribution in [3.05, 3.63) is 53.2 Å². The number of sulfonamides is 1. The number of nitrogens with one attached hydrogen (secondary N) is 1. The normalized spacial score (nSPS) is 15.9. The molecule has 0 atom stereocenters. The van der Waals surface area contributed by atoms with Crippen molar-refractivity contribution < 1.29 is 13.2 Å². The molecule has 1 amide bonds. The molecule has 29 heavy (non-hydrogen) atoms. The van der Waals surface area contributed by atoms with Gasteiger partial charge in [-0.3, -0.25) is 14.5 Å². The number of amides is 1. The molecule has 1 aliphatic rings. The smallest absolute Gasteiger partial charge is 0.258 e. The van der Waals surface area contributed by atoms with Gasteiger partial charge in [-0.2, -0.15) is 4.31 Å². The van der Waals surface area contributed by atoms with Crippen LogP contribution in [0.5, 0.6) is 0 Å². The van der Waals surface area contributed by atoms with Crippen molar-refractivity contribution in [2.45, 2.75) is 30.6 Å². The van der Waals surface area contributed by atoms with Crippen LogP contribution in [0.1, 0.15) is 36.0 Å². The van der Waals surface area contributed by atoms with Crippen molar-refractivity contribution in [1.29, 1.82) is 0 Å². The van der Waals surface area contributed by atoms with E-state index in [4.69, 9.17) is 11.6 Å². The number of anilines is 1. The fourth-order valence-corrected chi connectivity index (χ4v) is 5.38. The molecular formula is C19H20ClN5O3S. The first-order chi connectivity index (χ1) is 14.0. The van der Waals surface area contributed by atoms with Gasteiger partial charge < -0.3 is 0 Å². The third-order valence-corrected chi connectivity index (χ3v) is 7.30. The predicted molar refractivity (Wildman–Crippen MR) is 110 cm³/mol. The van der Waals surface area contributed by atoms with Crippen LogP contribution in [0.15, 0.2) is 47.5 Å². The molecule has 0 radical (unpaired) electrons. The Bertz CT molecular complexity index is 1150. The second kappa shape index (κ2) is 8.10. The zero-order valence-corrected chi connectivity index (χ0v) is 17.2. The average molecular weight is 434 g/mol. The Morgan fingerprint density at radius 1 is 1.03 bits per heavy atom. The minimum Gasteiger partial charge on any atom is -0.290 e. The van der Waals surface area contributed by atoms with E-state index in [-0.39, 0.29) is 21.4 Å². The van der Waals surface area contributed by atoms with Crippen LogP contribution in [0.25, 0.3) is 5.65 Å². The zero-order valence-electron chi connectivity index (χ0n) is 15.6. The quantitative estimate of drug-likeness (QED) is 0.681. The topological polar surface area (TPSA) is 96.7 Å². The van der Waals surface area contributed by atoms with Gasteiger partial charge in [-0.1, -0.05) is 30.5 Å². The maximum Gasteiger partial charge on any atom is 0.258 e. The number of nitrogens with zero attached hydrogens (tertiary/aromatic N) is 4. The number of fused-ring (bicyclic) bond motifs is 1. The molecule has 1 aliphatic heterocycles. The Morgan fingerprint density at radius 2 is 1.79 bits per heavy atom. The van der Waals surface area contributed by atoms with Crippen LogP contribution >= 0.6 is 11.6 Å². The van der Waals surface area contributed by atoms with E-state index in [1.54, 1.807) is 22.7 Å². The van der Waals surface area contributed by atoms with Crippen LogP contribution in [-0.2, 0) is 10.0 Å². The molecule has 0 aliphatic carbocycles. The van der Waals surface area contributed by atoms with E-state index < -0.39 is 15.9 Å². The van der Waals surface area contributed by atoms with E-state index in [0.717, 1.165) is 25.7 Å². The number of benzene rings is 1. The molecule has 1 N–H and O–H groups in total. The van der Waals surface area contributed by atoms with Crippen molar-refractivity contribution in [2.24, 2.45) is 0 Å². The largest absolute Gasteiger partial charge is 0.290 e. The fourth-order valence-electron chi connectivity index (χ4n) is 3.36. The molecular weight excluding hydrogens is 414 g/mol. The summed E-state index contributed by atoms with van der Waals surface area (Å²) in [5, 5.41) is 10.7. The molecule has 3 heterocycles. The van der Waals surface area contributed by atoms with Gasteiger partial charge in [0.1, 0.15) is 4.90 Å². The molecule has 152 valence electrons. The molecule has 0 saturated carbocycles. The second-order valence-corrected chi connectivity index (χ2v) is 9.18. The minimum absolute atomic E-state index is 0.0557. The number of hydrogen-bond donors (Lipinski definition) is 1. The van der Waals surface area contributed by atoms with E-state index >= 15 is 0 Å². The first-order valence-corrected chi connectivity index (χ1v) is 11.2. The Balaban J connectivity index is 1.63. The Kier molecular flexibility index (Phi) is 5.53. The SMILES string of the molecule is O=C(Nc1nnc2ccccn12)c1ccc(Cl)c(S(=O)(=O)N2CCCCCC2)c1. The van der Waals surface area contributed by atoms with Crippen molar-refractivity contribution >= 4 is 39.1 Å². The summed E-state index contributed by atoms with van der Waals surface area (Å²) in [5.41, 5.74) is 0.763. The summed E-state index contributed by atoms with van der Waals surface area (Å²) in [6.07, 6.45) is 5.37. The number of halogens is 1. The monoisotopic (exact) mass is 433 g/mol. The predicted octanol–water partition coefficient (Wildman–Crippen LogP) is 3.20. The summed E-state index contributed by atoms with van der Waals surface area (Å²) in [6.45, 7) is 0.918. The molecule has 1 saturated heterocycles. The molecule has 10 heteroatoms. The van der Waals surface area contributed by atoms with Crippen LogP contribution in [0, 0.1) is 0 Å². The highest BCUT2D eigenvalue weighted by molar-refractivity contribution is 7.89. The van der Waals surface area contributed by atoms with Gasteiger partial charge >= 0.3 is 0 Å². The van der Waals surface area contributed by atoms with Crippen LogP contribution in [0.3, 0.4) is 0 Å². The van der Waals surface area contributed by atoms with Crippen molar-refractivity contribution in [3.63, 3.8) is 0 Å². The maximum absolute atomic E-state index is 13.1. The van der Waals surface area contributed by atoms with Gasteiger partial charge in [0.15, 0.2) is 5.65 Å². The van der Waals surface area contributed by atoms with Gasteiger partial charge in [0.2, 0.25) is 16.0 Å². The lowest BCUT2D eigenvalue weighted by molar-refractivity contribution is 0.102. The third-order valence-electron chi connectivity index (χ3n) is 4.92. The average Bonchev–Trinajstić information content (AvgIpc) is 2.92. The summed E-state index contributed by atoms with van der Waals surface area (Å²) in [6, 6.07) is 9.61. The maximum atomic E-state index is 13.1. The molecule has 8 nitrogen and oxygen atoms in total. The lowest BCUT2D eigenvalue weighted by Crippen LogP contribution is -2.32. The standard InChI is InChI=1S/C19H20ClN5O3S/c20-15-9-8-14(13-16(15)29(27,28)24-10-4-1-2-5-11-24)18(26)21-19-23-22-17-7-3-6-12-25(17)19/h3,6-9,12-13H,1-2,4-5,10-11H2,(H,21,23,26). The highest BCUT2D eigenvalue weighted by atomic mass is 35.5. The number of pyridine rings is 1. The molecule has 3 aromatic rings. The van der Waals surface area contributed by atoms with E-state index in [1.165, 1.54) is 22.5 Å². The lowest BCUT2D eigenvalue weighted by atomic mass is 10.2. The van der Waals surface area contributed by atoms with Crippen LogP contribution in [0.2, 0.25) is 5.02 Å². The Hall–Kier alpha value is -2.49.